The van der Waals surface area contributed by atoms with Crippen LogP contribution in [0.2, 0.25) is 5.15 Å². The van der Waals surface area contributed by atoms with Crippen LogP contribution >= 0.6 is 11.6 Å². The highest BCUT2D eigenvalue weighted by Crippen LogP contribution is 2.25. The molecule has 1 aliphatic heterocycles. The molecule has 0 bridgehead atoms. The van der Waals surface area contributed by atoms with E-state index in [9.17, 15) is 5.11 Å². The van der Waals surface area contributed by atoms with Gasteiger partial charge >= 0.3 is 0 Å². The van der Waals surface area contributed by atoms with Gasteiger partial charge in [-0.15, -0.1) is 0 Å². The quantitative estimate of drug-likeness (QED) is 0.821. The van der Waals surface area contributed by atoms with E-state index in [-0.39, 0.29) is 12.6 Å². The van der Waals surface area contributed by atoms with Crippen molar-refractivity contribution in [2.45, 2.75) is 25.9 Å². The van der Waals surface area contributed by atoms with Crippen LogP contribution in [0, 0.1) is 5.92 Å². The third kappa shape index (κ3) is 2.54. The predicted octanol–water partition coefficient (Wildman–Crippen LogP) is 1.94. The first-order valence-corrected chi connectivity index (χ1v) is 6.05. The zero-order chi connectivity index (χ0) is 11.5. The van der Waals surface area contributed by atoms with E-state index in [1.165, 1.54) is 0 Å². The Kier molecular flexibility index (Phi) is 3.79. The first-order chi connectivity index (χ1) is 7.70. The highest BCUT2D eigenvalue weighted by Gasteiger charge is 2.30. The van der Waals surface area contributed by atoms with E-state index in [0.717, 1.165) is 25.2 Å². The van der Waals surface area contributed by atoms with Crippen molar-refractivity contribution < 1.29 is 5.11 Å². The van der Waals surface area contributed by atoms with E-state index in [0.29, 0.717) is 11.1 Å². The summed E-state index contributed by atoms with van der Waals surface area (Å²) in [5, 5.41) is 9.88. The van der Waals surface area contributed by atoms with Crippen molar-refractivity contribution in [1.29, 1.82) is 0 Å². The van der Waals surface area contributed by atoms with Crippen LogP contribution in [-0.4, -0.2) is 34.2 Å². The molecule has 2 heterocycles. The van der Waals surface area contributed by atoms with Gasteiger partial charge in [0.15, 0.2) is 0 Å². The molecule has 88 valence electrons. The molecule has 2 unspecified atom stereocenters. The Balaban J connectivity index is 2.04. The van der Waals surface area contributed by atoms with Crippen LogP contribution in [0.1, 0.15) is 19.0 Å². The summed E-state index contributed by atoms with van der Waals surface area (Å²) in [5.41, 5.74) is 0.972. The second kappa shape index (κ2) is 5.13. The van der Waals surface area contributed by atoms with Gasteiger partial charge in [-0.1, -0.05) is 24.6 Å². The zero-order valence-corrected chi connectivity index (χ0v) is 10.2. The second-order valence-electron chi connectivity index (χ2n) is 4.44. The second-order valence-corrected chi connectivity index (χ2v) is 4.83. The third-order valence-corrected chi connectivity index (χ3v) is 3.53. The lowest BCUT2D eigenvalue weighted by atomic mass is 10.0. The molecule has 0 amide bonds. The number of pyridine rings is 1. The number of aromatic nitrogens is 1. The molecule has 1 fully saturated rings. The molecule has 0 aliphatic carbocycles. The van der Waals surface area contributed by atoms with E-state index in [1.807, 2.05) is 12.1 Å². The molecule has 0 aromatic carbocycles. The van der Waals surface area contributed by atoms with Crippen molar-refractivity contribution in [1.82, 2.24) is 9.88 Å². The molecule has 1 aromatic rings. The van der Waals surface area contributed by atoms with Crippen LogP contribution in [0.3, 0.4) is 0 Å². The lowest BCUT2D eigenvalue weighted by Gasteiger charge is -2.24. The summed E-state index contributed by atoms with van der Waals surface area (Å²) in [6, 6.07) is 5.93. The topological polar surface area (TPSA) is 36.4 Å². The molecule has 16 heavy (non-hydrogen) atoms. The SMILES string of the molecule is CC1CCN(Cc2cccc(Cl)n2)C1CO. The minimum atomic E-state index is 0.224. The minimum absolute atomic E-state index is 0.224. The van der Waals surface area contributed by atoms with Gasteiger partial charge in [0.2, 0.25) is 0 Å². The first-order valence-electron chi connectivity index (χ1n) is 5.67. The van der Waals surface area contributed by atoms with Crippen LogP contribution in [0.4, 0.5) is 0 Å². The summed E-state index contributed by atoms with van der Waals surface area (Å²) in [6.45, 7) is 4.21. The Morgan fingerprint density at radius 1 is 1.56 bits per heavy atom. The molecule has 1 saturated heterocycles. The number of hydrogen-bond acceptors (Lipinski definition) is 3. The maximum atomic E-state index is 9.35. The number of nitrogens with zero attached hydrogens (tertiary/aromatic N) is 2. The fourth-order valence-corrected chi connectivity index (χ4v) is 2.51. The summed E-state index contributed by atoms with van der Waals surface area (Å²) >= 11 is 5.85. The summed E-state index contributed by atoms with van der Waals surface area (Å²) < 4.78 is 0. The maximum Gasteiger partial charge on any atom is 0.129 e. The van der Waals surface area contributed by atoms with Gasteiger partial charge in [0.1, 0.15) is 5.15 Å². The normalized spacial score (nSPS) is 26.2. The smallest absolute Gasteiger partial charge is 0.129 e. The van der Waals surface area contributed by atoms with E-state index >= 15 is 0 Å². The van der Waals surface area contributed by atoms with Gasteiger partial charge in [-0.3, -0.25) is 4.90 Å². The molecule has 0 spiro atoms. The molecular weight excluding hydrogens is 224 g/mol. The number of halogens is 1. The molecule has 1 aromatic heterocycles. The lowest BCUT2D eigenvalue weighted by molar-refractivity contribution is 0.133. The third-order valence-electron chi connectivity index (χ3n) is 3.32. The molecular formula is C12H17ClN2O. The van der Waals surface area contributed by atoms with Crippen molar-refractivity contribution in [3.8, 4) is 0 Å². The largest absolute Gasteiger partial charge is 0.395 e. The molecule has 0 saturated carbocycles. The number of rotatable bonds is 3. The van der Waals surface area contributed by atoms with Crippen molar-refractivity contribution in [3.63, 3.8) is 0 Å². The molecule has 4 heteroatoms. The van der Waals surface area contributed by atoms with E-state index in [1.54, 1.807) is 6.07 Å². The highest BCUT2D eigenvalue weighted by molar-refractivity contribution is 6.29. The van der Waals surface area contributed by atoms with E-state index in [2.05, 4.69) is 16.8 Å². The predicted molar refractivity (Wildman–Crippen MR) is 64.3 cm³/mol. The number of likely N-dealkylation sites (tertiary alicyclic amines) is 1. The van der Waals surface area contributed by atoms with Crippen molar-refractivity contribution >= 4 is 11.6 Å². The summed E-state index contributed by atoms with van der Waals surface area (Å²) in [4.78, 5) is 6.55. The standard InChI is InChI=1S/C12H17ClN2O/c1-9-5-6-15(11(9)8-16)7-10-3-2-4-12(13)14-10/h2-4,9,11,16H,5-8H2,1H3. The van der Waals surface area contributed by atoms with Crippen LogP contribution in [0.25, 0.3) is 0 Å². The number of hydrogen-bond donors (Lipinski definition) is 1. The first kappa shape index (κ1) is 11.8. The molecule has 1 aliphatic rings. The fraction of sp³-hybridized carbons (Fsp3) is 0.583. The van der Waals surface area contributed by atoms with Crippen molar-refractivity contribution in [3.05, 3.63) is 29.0 Å². The Morgan fingerprint density at radius 2 is 2.38 bits per heavy atom. The van der Waals surface area contributed by atoms with Gasteiger partial charge in [-0.2, -0.15) is 0 Å². The fourth-order valence-electron chi connectivity index (χ4n) is 2.33. The van der Waals surface area contributed by atoms with Crippen LogP contribution < -0.4 is 0 Å². The monoisotopic (exact) mass is 240 g/mol. The van der Waals surface area contributed by atoms with Crippen molar-refractivity contribution in [2.24, 2.45) is 5.92 Å². The Bertz CT molecular complexity index is 359. The summed E-state index contributed by atoms with van der Waals surface area (Å²) in [6.07, 6.45) is 1.14. The van der Waals surface area contributed by atoms with Gasteiger partial charge in [-0.05, 0) is 31.0 Å². The molecule has 2 atom stereocenters. The van der Waals surface area contributed by atoms with Crippen LogP contribution in [0.15, 0.2) is 18.2 Å². The lowest BCUT2D eigenvalue weighted by Crippen LogP contribution is -2.34. The van der Waals surface area contributed by atoms with Gasteiger partial charge < -0.3 is 5.11 Å². The minimum Gasteiger partial charge on any atom is -0.395 e. The molecule has 3 nitrogen and oxygen atoms in total. The average molecular weight is 241 g/mol. The van der Waals surface area contributed by atoms with Crippen molar-refractivity contribution in [2.75, 3.05) is 13.2 Å². The van der Waals surface area contributed by atoms with Gasteiger partial charge in [-0.25, -0.2) is 4.98 Å². The van der Waals surface area contributed by atoms with Gasteiger partial charge in [0.05, 0.1) is 12.3 Å². The highest BCUT2D eigenvalue weighted by atomic mass is 35.5. The Labute approximate surface area is 101 Å². The zero-order valence-electron chi connectivity index (χ0n) is 9.43. The molecule has 0 radical (unpaired) electrons. The Hall–Kier alpha value is -0.640. The summed E-state index contributed by atoms with van der Waals surface area (Å²) in [5.74, 6) is 0.559. The maximum absolute atomic E-state index is 9.35. The summed E-state index contributed by atoms with van der Waals surface area (Å²) in [7, 11) is 0. The average Bonchev–Trinajstić information content (AvgIpc) is 2.59. The van der Waals surface area contributed by atoms with E-state index < -0.39 is 0 Å². The molecule has 1 N–H and O–H groups in total. The Morgan fingerprint density at radius 3 is 3.06 bits per heavy atom. The van der Waals surface area contributed by atoms with Crippen LogP contribution in [-0.2, 0) is 6.54 Å². The van der Waals surface area contributed by atoms with E-state index in [4.69, 9.17) is 11.6 Å². The molecule has 2 rings (SSSR count). The van der Waals surface area contributed by atoms with Gasteiger partial charge in [0, 0.05) is 12.6 Å². The number of aliphatic hydroxyl groups excluding tert-OH is 1. The van der Waals surface area contributed by atoms with Crippen LogP contribution in [0.5, 0.6) is 0 Å². The number of aliphatic hydroxyl groups is 1. The van der Waals surface area contributed by atoms with Gasteiger partial charge in [0.25, 0.3) is 0 Å².